The van der Waals surface area contributed by atoms with Gasteiger partial charge in [0.05, 0.1) is 17.8 Å². The molecule has 2 rings (SSSR count). The summed E-state index contributed by atoms with van der Waals surface area (Å²) in [4.78, 5) is 6.40. The number of anilines is 1. The maximum absolute atomic E-state index is 6.18. The highest BCUT2D eigenvalue weighted by molar-refractivity contribution is 9.10. The maximum Gasteiger partial charge on any atom is 0.147 e. The van der Waals surface area contributed by atoms with Gasteiger partial charge in [0.2, 0.25) is 0 Å². The van der Waals surface area contributed by atoms with Crippen LogP contribution >= 0.6 is 27.5 Å². The molecule has 0 unspecified atom stereocenters. The van der Waals surface area contributed by atoms with Crippen molar-refractivity contribution in [1.82, 2.24) is 4.98 Å². The Morgan fingerprint density at radius 1 is 1.53 bits per heavy atom. The second-order valence-corrected chi connectivity index (χ2v) is 4.88. The van der Waals surface area contributed by atoms with E-state index in [9.17, 15) is 0 Å². The Bertz CT molecular complexity index is 487. The van der Waals surface area contributed by atoms with Gasteiger partial charge in [0, 0.05) is 17.2 Å². The molecule has 17 heavy (non-hydrogen) atoms. The molecule has 3 nitrogen and oxygen atoms in total. The first-order chi connectivity index (χ1) is 8.20. The van der Waals surface area contributed by atoms with Crippen molar-refractivity contribution in [2.75, 3.05) is 11.4 Å². The molecule has 0 aliphatic heterocycles. The average Bonchev–Trinajstić information content (AvgIpc) is 2.79. The van der Waals surface area contributed by atoms with Crippen LogP contribution in [0.4, 0.5) is 5.82 Å². The fourth-order valence-electron chi connectivity index (χ4n) is 1.57. The van der Waals surface area contributed by atoms with E-state index in [-0.39, 0.29) is 0 Å². The van der Waals surface area contributed by atoms with Crippen LogP contribution in [0.25, 0.3) is 0 Å². The molecular formula is C12H12BrClN2O. The smallest absolute Gasteiger partial charge is 0.147 e. The molecule has 0 bridgehead atoms. The molecule has 0 atom stereocenters. The zero-order valence-corrected chi connectivity index (χ0v) is 11.7. The highest BCUT2D eigenvalue weighted by Gasteiger charge is 2.12. The van der Waals surface area contributed by atoms with Gasteiger partial charge >= 0.3 is 0 Å². The fraction of sp³-hybridized carbons (Fsp3) is 0.250. The number of aromatic nitrogens is 1. The van der Waals surface area contributed by atoms with E-state index < -0.39 is 0 Å². The summed E-state index contributed by atoms with van der Waals surface area (Å²) in [6, 6.07) is 5.66. The van der Waals surface area contributed by atoms with Gasteiger partial charge in [-0.05, 0) is 41.1 Å². The molecule has 2 aromatic heterocycles. The molecule has 2 aromatic rings. The van der Waals surface area contributed by atoms with Crippen LogP contribution in [0.15, 0.2) is 39.5 Å². The normalized spacial score (nSPS) is 10.5. The van der Waals surface area contributed by atoms with Gasteiger partial charge < -0.3 is 9.32 Å². The quantitative estimate of drug-likeness (QED) is 0.850. The summed E-state index contributed by atoms with van der Waals surface area (Å²) in [5, 5.41) is 0.632. The highest BCUT2D eigenvalue weighted by Crippen LogP contribution is 2.27. The molecule has 0 radical (unpaired) electrons. The average molecular weight is 316 g/mol. The predicted octanol–water partition coefficient (Wildman–Crippen LogP) is 4.12. The van der Waals surface area contributed by atoms with Gasteiger partial charge in [-0.3, -0.25) is 0 Å². The Morgan fingerprint density at radius 3 is 2.94 bits per heavy atom. The van der Waals surface area contributed by atoms with Crippen LogP contribution in [-0.4, -0.2) is 11.5 Å². The highest BCUT2D eigenvalue weighted by atomic mass is 79.9. The first-order valence-electron chi connectivity index (χ1n) is 5.29. The second kappa shape index (κ2) is 5.56. The molecule has 5 heteroatoms. The summed E-state index contributed by atoms with van der Waals surface area (Å²) in [6.45, 7) is 3.54. The molecule has 0 N–H and O–H groups in total. The molecule has 0 fully saturated rings. The topological polar surface area (TPSA) is 29.3 Å². The molecule has 0 saturated carbocycles. The Labute approximate surface area is 114 Å². The van der Waals surface area contributed by atoms with E-state index in [1.807, 2.05) is 18.2 Å². The summed E-state index contributed by atoms with van der Waals surface area (Å²) in [5.41, 5.74) is 0. The SMILES string of the molecule is CCN(Cc1ccco1)c1ncc(Br)cc1Cl. The molecule has 2 heterocycles. The first kappa shape index (κ1) is 12.5. The molecule has 0 aromatic carbocycles. The second-order valence-electron chi connectivity index (χ2n) is 3.55. The van der Waals surface area contributed by atoms with E-state index >= 15 is 0 Å². The van der Waals surface area contributed by atoms with E-state index in [4.69, 9.17) is 16.0 Å². The van der Waals surface area contributed by atoms with Crippen LogP contribution in [-0.2, 0) is 6.54 Å². The van der Waals surface area contributed by atoms with Crippen molar-refractivity contribution >= 4 is 33.3 Å². The van der Waals surface area contributed by atoms with Crippen molar-refractivity contribution in [1.29, 1.82) is 0 Å². The Morgan fingerprint density at radius 2 is 2.35 bits per heavy atom. The lowest BCUT2D eigenvalue weighted by molar-refractivity contribution is 0.503. The van der Waals surface area contributed by atoms with Gasteiger partial charge in [0.1, 0.15) is 11.6 Å². The Kier molecular flexibility index (Phi) is 4.07. The predicted molar refractivity (Wildman–Crippen MR) is 72.4 cm³/mol. The third kappa shape index (κ3) is 3.01. The molecule has 0 aliphatic rings. The minimum absolute atomic E-state index is 0.632. The maximum atomic E-state index is 6.18. The summed E-state index contributed by atoms with van der Waals surface area (Å²) >= 11 is 9.52. The lowest BCUT2D eigenvalue weighted by atomic mass is 10.3. The molecule has 0 saturated heterocycles. The lowest BCUT2D eigenvalue weighted by Crippen LogP contribution is -2.23. The van der Waals surface area contributed by atoms with Gasteiger partial charge in [-0.2, -0.15) is 0 Å². The number of hydrogen-bond acceptors (Lipinski definition) is 3. The van der Waals surface area contributed by atoms with Crippen LogP contribution in [0.2, 0.25) is 5.02 Å². The van der Waals surface area contributed by atoms with Gasteiger partial charge in [-0.1, -0.05) is 11.6 Å². The summed E-state index contributed by atoms with van der Waals surface area (Å²) in [7, 11) is 0. The van der Waals surface area contributed by atoms with E-state index in [2.05, 4.69) is 32.7 Å². The molecular weight excluding hydrogens is 304 g/mol. The van der Waals surface area contributed by atoms with Crippen molar-refractivity contribution in [3.05, 3.63) is 45.9 Å². The fourth-order valence-corrected chi connectivity index (χ4v) is 2.32. The third-order valence-electron chi connectivity index (χ3n) is 2.40. The summed E-state index contributed by atoms with van der Waals surface area (Å²) in [6.07, 6.45) is 3.41. The number of hydrogen-bond donors (Lipinski definition) is 0. The van der Waals surface area contributed by atoms with Gasteiger partial charge in [0.15, 0.2) is 0 Å². The monoisotopic (exact) mass is 314 g/mol. The number of halogens is 2. The van der Waals surface area contributed by atoms with Crippen molar-refractivity contribution in [2.24, 2.45) is 0 Å². The summed E-state index contributed by atoms with van der Waals surface area (Å²) < 4.78 is 6.20. The van der Waals surface area contributed by atoms with Crippen LogP contribution in [0.3, 0.4) is 0 Å². The number of nitrogens with zero attached hydrogens (tertiary/aromatic N) is 2. The van der Waals surface area contributed by atoms with Crippen LogP contribution in [0.5, 0.6) is 0 Å². The Balaban J connectivity index is 2.23. The molecule has 0 spiro atoms. The molecule has 0 aliphatic carbocycles. The van der Waals surface area contributed by atoms with Gasteiger partial charge in [-0.15, -0.1) is 0 Å². The van der Waals surface area contributed by atoms with E-state index in [0.29, 0.717) is 11.6 Å². The van der Waals surface area contributed by atoms with Gasteiger partial charge in [0.25, 0.3) is 0 Å². The summed E-state index contributed by atoms with van der Waals surface area (Å²) in [5.74, 6) is 1.67. The van der Waals surface area contributed by atoms with E-state index in [0.717, 1.165) is 22.6 Å². The Hall–Kier alpha value is -1.00. The number of furan rings is 1. The van der Waals surface area contributed by atoms with Crippen LogP contribution < -0.4 is 4.90 Å². The van der Waals surface area contributed by atoms with Crippen molar-refractivity contribution in [3.8, 4) is 0 Å². The zero-order chi connectivity index (χ0) is 12.3. The van der Waals surface area contributed by atoms with E-state index in [1.165, 1.54) is 0 Å². The van der Waals surface area contributed by atoms with Gasteiger partial charge in [-0.25, -0.2) is 4.98 Å². The minimum Gasteiger partial charge on any atom is -0.467 e. The largest absolute Gasteiger partial charge is 0.467 e. The standard InChI is InChI=1S/C12H12BrClN2O/c1-2-16(8-10-4-3-5-17-10)12-11(14)6-9(13)7-15-12/h3-7H,2,8H2,1H3. The van der Waals surface area contributed by atoms with Crippen molar-refractivity contribution in [2.45, 2.75) is 13.5 Å². The lowest BCUT2D eigenvalue weighted by Gasteiger charge is -2.21. The van der Waals surface area contributed by atoms with Crippen LogP contribution in [0.1, 0.15) is 12.7 Å². The van der Waals surface area contributed by atoms with Crippen molar-refractivity contribution < 1.29 is 4.42 Å². The van der Waals surface area contributed by atoms with Crippen LogP contribution in [0, 0.1) is 0 Å². The number of pyridine rings is 1. The molecule has 90 valence electrons. The van der Waals surface area contributed by atoms with E-state index in [1.54, 1.807) is 12.5 Å². The molecule has 0 amide bonds. The third-order valence-corrected chi connectivity index (χ3v) is 3.11. The zero-order valence-electron chi connectivity index (χ0n) is 9.36. The first-order valence-corrected chi connectivity index (χ1v) is 6.46. The minimum atomic E-state index is 0.632. The van der Waals surface area contributed by atoms with Crippen molar-refractivity contribution in [3.63, 3.8) is 0 Å². The number of rotatable bonds is 4.